The number of rotatable bonds is 9. The van der Waals surface area contributed by atoms with Crippen LogP contribution in [0, 0.1) is 0 Å². The number of hydrogen-bond acceptors (Lipinski definition) is 4. The van der Waals surface area contributed by atoms with Gasteiger partial charge in [0.1, 0.15) is 11.5 Å². The van der Waals surface area contributed by atoms with Gasteiger partial charge in [-0.05, 0) is 38.3 Å². The summed E-state index contributed by atoms with van der Waals surface area (Å²) in [5.41, 5.74) is 0.959. The number of anilines is 1. The maximum absolute atomic E-state index is 8.71. The maximum Gasteiger partial charge on any atom is 0.142 e. The minimum absolute atomic E-state index is 0.267. The van der Waals surface area contributed by atoms with Crippen LogP contribution in [0.4, 0.5) is 5.69 Å². The van der Waals surface area contributed by atoms with E-state index in [2.05, 4.69) is 5.32 Å². The quantitative estimate of drug-likeness (QED) is 0.664. The van der Waals surface area contributed by atoms with Gasteiger partial charge in [0, 0.05) is 19.2 Å². The highest BCUT2D eigenvalue weighted by atomic mass is 16.5. The number of benzene rings is 1. The average Bonchev–Trinajstić information content (AvgIpc) is 2.40. The predicted octanol–water partition coefficient (Wildman–Crippen LogP) is 2.67. The third-order valence-corrected chi connectivity index (χ3v) is 2.64. The van der Waals surface area contributed by atoms with E-state index in [0.29, 0.717) is 6.61 Å². The summed E-state index contributed by atoms with van der Waals surface area (Å²) in [6, 6.07) is 5.75. The summed E-state index contributed by atoms with van der Waals surface area (Å²) in [5, 5.41) is 12.1. The lowest BCUT2D eigenvalue weighted by Gasteiger charge is -2.13. The van der Waals surface area contributed by atoms with Crippen LogP contribution >= 0.6 is 0 Å². The van der Waals surface area contributed by atoms with Crippen LogP contribution < -0.4 is 14.8 Å². The molecule has 102 valence electrons. The first-order valence-corrected chi connectivity index (χ1v) is 6.47. The zero-order valence-electron chi connectivity index (χ0n) is 11.2. The molecule has 0 heterocycles. The first kappa shape index (κ1) is 14.6. The summed E-state index contributed by atoms with van der Waals surface area (Å²) in [5.74, 6) is 1.66. The second-order valence-corrected chi connectivity index (χ2v) is 4.01. The molecule has 0 radical (unpaired) electrons. The number of aliphatic hydroxyl groups is 1. The van der Waals surface area contributed by atoms with E-state index < -0.39 is 0 Å². The van der Waals surface area contributed by atoms with E-state index >= 15 is 0 Å². The molecule has 0 saturated heterocycles. The van der Waals surface area contributed by atoms with Crippen molar-refractivity contribution in [3.8, 4) is 11.5 Å². The van der Waals surface area contributed by atoms with Gasteiger partial charge < -0.3 is 19.9 Å². The Labute approximate surface area is 109 Å². The van der Waals surface area contributed by atoms with E-state index in [1.165, 1.54) is 0 Å². The summed E-state index contributed by atoms with van der Waals surface area (Å²) in [6.45, 7) is 3.75. The number of ether oxygens (including phenoxy) is 2. The highest BCUT2D eigenvalue weighted by Gasteiger charge is 2.04. The molecule has 0 unspecified atom stereocenters. The van der Waals surface area contributed by atoms with E-state index in [1.807, 2.05) is 25.1 Å². The van der Waals surface area contributed by atoms with E-state index in [0.717, 1.165) is 43.0 Å². The highest BCUT2D eigenvalue weighted by molar-refractivity contribution is 5.59. The second-order valence-electron chi connectivity index (χ2n) is 4.01. The fourth-order valence-electron chi connectivity index (χ4n) is 1.69. The van der Waals surface area contributed by atoms with Gasteiger partial charge in [-0.2, -0.15) is 0 Å². The molecule has 0 aromatic heterocycles. The number of methoxy groups -OCH3 is 1. The Balaban J connectivity index is 2.54. The van der Waals surface area contributed by atoms with Crippen molar-refractivity contribution < 1.29 is 14.6 Å². The van der Waals surface area contributed by atoms with Crippen LogP contribution in [-0.2, 0) is 0 Å². The van der Waals surface area contributed by atoms with Gasteiger partial charge in [0.25, 0.3) is 0 Å². The lowest BCUT2D eigenvalue weighted by atomic mass is 10.2. The van der Waals surface area contributed by atoms with E-state index in [4.69, 9.17) is 14.6 Å². The summed E-state index contributed by atoms with van der Waals surface area (Å²) >= 11 is 0. The zero-order chi connectivity index (χ0) is 13.2. The molecule has 0 spiro atoms. The number of aliphatic hydroxyl groups excluding tert-OH is 1. The van der Waals surface area contributed by atoms with Crippen molar-refractivity contribution in [3.05, 3.63) is 18.2 Å². The molecule has 0 fully saturated rings. The Morgan fingerprint density at radius 3 is 2.72 bits per heavy atom. The van der Waals surface area contributed by atoms with E-state index in [1.54, 1.807) is 7.11 Å². The molecule has 2 N–H and O–H groups in total. The van der Waals surface area contributed by atoms with Gasteiger partial charge in [0.05, 0.1) is 19.4 Å². The topological polar surface area (TPSA) is 50.7 Å². The lowest BCUT2D eigenvalue weighted by molar-refractivity contribution is 0.283. The molecule has 4 nitrogen and oxygen atoms in total. The lowest BCUT2D eigenvalue weighted by Crippen LogP contribution is -2.05. The number of unbranched alkanes of at least 4 members (excludes halogenated alkanes) is 2. The van der Waals surface area contributed by atoms with Gasteiger partial charge in [-0.15, -0.1) is 0 Å². The Bertz CT molecular complexity index is 342. The summed E-state index contributed by atoms with van der Waals surface area (Å²) < 4.78 is 10.8. The third-order valence-electron chi connectivity index (χ3n) is 2.64. The standard InChI is InChI=1S/C14H23NO3/c1-3-18-14-8-7-12(17-2)11-13(14)15-9-5-4-6-10-16/h7-8,11,15-16H,3-6,9-10H2,1-2H3. The third kappa shape index (κ3) is 4.84. The molecule has 0 aliphatic heterocycles. The monoisotopic (exact) mass is 253 g/mol. The fraction of sp³-hybridized carbons (Fsp3) is 0.571. The largest absolute Gasteiger partial charge is 0.497 e. The van der Waals surface area contributed by atoms with Crippen molar-refractivity contribution in [2.24, 2.45) is 0 Å². The molecular weight excluding hydrogens is 230 g/mol. The first-order valence-electron chi connectivity index (χ1n) is 6.47. The minimum Gasteiger partial charge on any atom is -0.497 e. The van der Waals surface area contributed by atoms with Crippen molar-refractivity contribution in [2.75, 3.05) is 32.2 Å². The van der Waals surface area contributed by atoms with Crippen LogP contribution in [0.5, 0.6) is 11.5 Å². The second kappa shape index (κ2) is 8.64. The molecule has 18 heavy (non-hydrogen) atoms. The smallest absolute Gasteiger partial charge is 0.142 e. The number of hydrogen-bond donors (Lipinski definition) is 2. The molecule has 1 rings (SSSR count). The van der Waals surface area contributed by atoms with Crippen molar-refractivity contribution in [3.63, 3.8) is 0 Å². The molecule has 0 saturated carbocycles. The van der Waals surface area contributed by atoms with Gasteiger partial charge in [0.15, 0.2) is 0 Å². The van der Waals surface area contributed by atoms with Gasteiger partial charge in [-0.25, -0.2) is 0 Å². The van der Waals surface area contributed by atoms with Crippen molar-refractivity contribution in [1.82, 2.24) is 0 Å². The van der Waals surface area contributed by atoms with Crippen molar-refractivity contribution in [1.29, 1.82) is 0 Å². The van der Waals surface area contributed by atoms with Gasteiger partial charge >= 0.3 is 0 Å². The molecule has 0 aliphatic rings. The van der Waals surface area contributed by atoms with E-state index in [9.17, 15) is 0 Å². The Hall–Kier alpha value is -1.42. The van der Waals surface area contributed by atoms with Crippen LogP contribution in [0.15, 0.2) is 18.2 Å². The highest BCUT2D eigenvalue weighted by Crippen LogP contribution is 2.29. The minimum atomic E-state index is 0.267. The number of nitrogens with one attached hydrogen (secondary N) is 1. The SMILES string of the molecule is CCOc1ccc(OC)cc1NCCCCCO. The zero-order valence-corrected chi connectivity index (χ0v) is 11.2. The Kier molecular flexibility index (Phi) is 7.03. The van der Waals surface area contributed by atoms with Crippen LogP contribution in [0.1, 0.15) is 26.2 Å². The normalized spacial score (nSPS) is 10.2. The summed E-state index contributed by atoms with van der Waals surface area (Å²) in [7, 11) is 1.65. The van der Waals surface area contributed by atoms with Crippen molar-refractivity contribution in [2.45, 2.75) is 26.2 Å². The summed E-state index contributed by atoms with van der Waals surface area (Å²) in [6.07, 6.45) is 2.92. The van der Waals surface area contributed by atoms with Crippen LogP contribution in [0.25, 0.3) is 0 Å². The van der Waals surface area contributed by atoms with Crippen LogP contribution in [0.3, 0.4) is 0 Å². The molecule has 0 amide bonds. The van der Waals surface area contributed by atoms with Crippen LogP contribution in [0.2, 0.25) is 0 Å². The summed E-state index contributed by atoms with van der Waals surface area (Å²) in [4.78, 5) is 0. The fourth-order valence-corrected chi connectivity index (χ4v) is 1.69. The van der Waals surface area contributed by atoms with Gasteiger partial charge in [0.2, 0.25) is 0 Å². The predicted molar refractivity (Wildman–Crippen MR) is 73.6 cm³/mol. The maximum atomic E-state index is 8.71. The molecule has 1 aromatic rings. The Morgan fingerprint density at radius 1 is 1.22 bits per heavy atom. The average molecular weight is 253 g/mol. The van der Waals surface area contributed by atoms with Gasteiger partial charge in [-0.3, -0.25) is 0 Å². The van der Waals surface area contributed by atoms with E-state index in [-0.39, 0.29) is 6.61 Å². The molecule has 1 aromatic carbocycles. The Morgan fingerprint density at radius 2 is 2.06 bits per heavy atom. The molecular formula is C14H23NO3. The molecule has 4 heteroatoms. The van der Waals surface area contributed by atoms with Crippen molar-refractivity contribution >= 4 is 5.69 Å². The molecule has 0 aliphatic carbocycles. The van der Waals surface area contributed by atoms with Gasteiger partial charge in [-0.1, -0.05) is 0 Å². The molecule has 0 bridgehead atoms. The van der Waals surface area contributed by atoms with Crippen LogP contribution in [-0.4, -0.2) is 32.0 Å². The first-order chi connectivity index (χ1) is 8.81. The molecule has 0 atom stereocenters.